The zero-order valence-electron chi connectivity index (χ0n) is 21.4. The highest BCUT2D eigenvalue weighted by atomic mass is 79.9. The van der Waals surface area contributed by atoms with Crippen LogP contribution in [0.25, 0.3) is 6.08 Å². The number of nitrogens with one attached hydrogen (secondary N) is 2. The number of nitriles is 1. The molecule has 0 saturated carbocycles. The Bertz CT molecular complexity index is 1420. The Labute approximate surface area is 225 Å². The van der Waals surface area contributed by atoms with Crippen LogP contribution in [-0.2, 0) is 9.59 Å². The van der Waals surface area contributed by atoms with Crippen LogP contribution in [0.1, 0.15) is 27.8 Å². The van der Waals surface area contributed by atoms with Gasteiger partial charge in [-0.1, -0.05) is 29.8 Å². The summed E-state index contributed by atoms with van der Waals surface area (Å²) in [4.78, 5) is 25.2. The van der Waals surface area contributed by atoms with Gasteiger partial charge in [0, 0.05) is 11.4 Å². The first-order valence-corrected chi connectivity index (χ1v) is 12.3. The Balaban J connectivity index is 1.76. The van der Waals surface area contributed by atoms with Crippen LogP contribution in [-0.4, -0.2) is 25.5 Å². The van der Waals surface area contributed by atoms with Crippen LogP contribution in [0.5, 0.6) is 11.5 Å². The molecular formula is C29H28BrN3O4. The standard InChI is InChI=1S/C29H28BrN3O4/c1-17-9-10-24(19(3)11-17)33-29(35)22(15-31)12-21-13-23(30)28(26(14-21)36-5)37-16-27(34)32-25-8-6-7-18(2)20(25)4/h6-14H,16H2,1-5H3,(H,32,34)(H,33,35)/b22-12+. The quantitative estimate of drug-likeness (QED) is 0.250. The normalized spacial score (nSPS) is 10.9. The number of rotatable bonds is 8. The summed E-state index contributed by atoms with van der Waals surface area (Å²) in [6.45, 7) is 7.54. The number of anilines is 2. The zero-order chi connectivity index (χ0) is 27.1. The van der Waals surface area contributed by atoms with E-state index in [-0.39, 0.29) is 18.1 Å². The number of amides is 2. The number of carbonyl (C=O) groups is 2. The van der Waals surface area contributed by atoms with Crippen LogP contribution in [0.2, 0.25) is 0 Å². The number of hydrogen-bond donors (Lipinski definition) is 2. The molecule has 0 aliphatic heterocycles. The predicted octanol–water partition coefficient (Wildman–Crippen LogP) is 6.25. The first-order valence-electron chi connectivity index (χ1n) is 11.5. The molecule has 3 aromatic carbocycles. The highest BCUT2D eigenvalue weighted by Gasteiger charge is 2.16. The fraction of sp³-hybridized carbons (Fsp3) is 0.207. The van der Waals surface area contributed by atoms with E-state index in [2.05, 4.69) is 26.6 Å². The summed E-state index contributed by atoms with van der Waals surface area (Å²) in [6.07, 6.45) is 1.46. The van der Waals surface area contributed by atoms with Gasteiger partial charge < -0.3 is 20.1 Å². The van der Waals surface area contributed by atoms with E-state index in [1.807, 2.05) is 64.1 Å². The van der Waals surface area contributed by atoms with E-state index < -0.39 is 5.91 Å². The van der Waals surface area contributed by atoms with Gasteiger partial charge in [0.25, 0.3) is 11.8 Å². The number of halogens is 1. The summed E-state index contributed by atoms with van der Waals surface area (Å²) in [5.74, 6) is -0.171. The van der Waals surface area contributed by atoms with E-state index >= 15 is 0 Å². The lowest BCUT2D eigenvalue weighted by molar-refractivity contribution is -0.118. The number of aryl methyl sites for hydroxylation is 3. The number of carbonyl (C=O) groups excluding carboxylic acids is 2. The van der Waals surface area contributed by atoms with E-state index in [0.29, 0.717) is 27.2 Å². The molecule has 0 heterocycles. The minimum atomic E-state index is -0.520. The van der Waals surface area contributed by atoms with Crippen molar-refractivity contribution in [1.29, 1.82) is 5.26 Å². The predicted molar refractivity (Wildman–Crippen MR) is 149 cm³/mol. The van der Waals surface area contributed by atoms with Crippen LogP contribution in [0, 0.1) is 39.0 Å². The second-order valence-electron chi connectivity index (χ2n) is 8.56. The lowest BCUT2D eigenvalue weighted by Crippen LogP contribution is -2.21. The highest BCUT2D eigenvalue weighted by molar-refractivity contribution is 9.10. The molecule has 190 valence electrons. The molecule has 0 bridgehead atoms. The van der Waals surface area contributed by atoms with Crippen LogP contribution < -0.4 is 20.1 Å². The molecule has 0 spiro atoms. The number of methoxy groups -OCH3 is 1. The van der Waals surface area contributed by atoms with Gasteiger partial charge in [0.1, 0.15) is 11.6 Å². The number of nitrogens with zero attached hydrogens (tertiary/aromatic N) is 1. The van der Waals surface area contributed by atoms with Crippen molar-refractivity contribution in [3.8, 4) is 17.6 Å². The van der Waals surface area contributed by atoms with Gasteiger partial charge in [-0.3, -0.25) is 9.59 Å². The largest absolute Gasteiger partial charge is 0.493 e. The fourth-order valence-electron chi connectivity index (χ4n) is 3.63. The average Bonchev–Trinajstić information content (AvgIpc) is 2.86. The van der Waals surface area contributed by atoms with Gasteiger partial charge in [-0.2, -0.15) is 5.26 Å². The molecule has 3 aromatic rings. The molecule has 0 saturated heterocycles. The third kappa shape index (κ3) is 6.99. The summed E-state index contributed by atoms with van der Waals surface area (Å²) in [5, 5.41) is 15.2. The van der Waals surface area contributed by atoms with Gasteiger partial charge in [-0.15, -0.1) is 0 Å². The van der Waals surface area contributed by atoms with Crippen LogP contribution in [0.4, 0.5) is 11.4 Å². The molecule has 0 aliphatic rings. The van der Waals surface area contributed by atoms with E-state index in [0.717, 1.165) is 27.9 Å². The van der Waals surface area contributed by atoms with E-state index in [1.165, 1.54) is 13.2 Å². The van der Waals surface area contributed by atoms with Gasteiger partial charge in [0.15, 0.2) is 18.1 Å². The maximum Gasteiger partial charge on any atom is 0.266 e. The Hall–Kier alpha value is -4.09. The van der Waals surface area contributed by atoms with Crippen LogP contribution in [0.3, 0.4) is 0 Å². The lowest BCUT2D eigenvalue weighted by atomic mass is 10.1. The summed E-state index contributed by atoms with van der Waals surface area (Å²) >= 11 is 3.45. The molecule has 3 rings (SSSR count). The fourth-order valence-corrected chi connectivity index (χ4v) is 4.21. The molecule has 37 heavy (non-hydrogen) atoms. The van der Waals surface area contributed by atoms with Crippen molar-refractivity contribution < 1.29 is 19.1 Å². The molecule has 2 amide bonds. The van der Waals surface area contributed by atoms with E-state index in [4.69, 9.17) is 9.47 Å². The molecule has 0 fully saturated rings. The van der Waals surface area contributed by atoms with Crippen LogP contribution >= 0.6 is 15.9 Å². The topological polar surface area (TPSA) is 100 Å². The molecule has 0 atom stereocenters. The van der Waals surface area contributed by atoms with Crippen molar-refractivity contribution >= 4 is 45.2 Å². The molecule has 0 radical (unpaired) electrons. The maximum absolute atomic E-state index is 12.7. The molecule has 0 aliphatic carbocycles. The van der Waals surface area contributed by atoms with Crippen molar-refractivity contribution in [2.75, 3.05) is 24.4 Å². The molecule has 2 N–H and O–H groups in total. The monoisotopic (exact) mass is 561 g/mol. The molecule has 7 nitrogen and oxygen atoms in total. The van der Waals surface area contributed by atoms with Crippen LogP contribution in [0.15, 0.2) is 58.6 Å². The Morgan fingerprint density at radius 3 is 2.43 bits per heavy atom. The smallest absolute Gasteiger partial charge is 0.266 e. The van der Waals surface area contributed by atoms with Gasteiger partial charge >= 0.3 is 0 Å². The minimum Gasteiger partial charge on any atom is -0.493 e. The summed E-state index contributed by atoms with van der Waals surface area (Å²) in [6, 6.07) is 16.6. The van der Waals surface area contributed by atoms with E-state index in [9.17, 15) is 14.9 Å². The van der Waals surface area contributed by atoms with E-state index in [1.54, 1.807) is 18.2 Å². The highest BCUT2D eigenvalue weighted by Crippen LogP contribution is 2.37. The summed E-state index contributed by atoms with van der Waals surface area (Å²) in [5.41, 5.74) is 5.87. The Morgan fingerprint density at radius 1 is 1.00 bits per heavy atom. The first-order chi connectivity index (χ1) is 17.6. The minimum absolute atomic E-state index is 0.0736. The van der Waals surface area contributed by atoms with Gasteiger partial charge in [0.2, 0.25) is 0 Å². The maximum atomic E-state index is 12.7. The molecule has 0 aromatic heterocycles. The third-order valence-corrected chi connectivity index (χ3v) is 6.37. The van der Waals surface area contributed by atoms with Crippen molar-refractivity contribution in [2.45, 2.75) is 27.7 Å². The van der Waals surface area contributed by atoms with Gasteiger partial charge in [-0.05, 0) is 96.2 Å². The lowest BCUT2D eigenvalue weighted by Gasteiger charge is -2.15. The zero-order valence-corrected chi connectivity index (χ0v) is 22.9. The third-order valence-electron chi connectivity index (χ3n) is 5.78. The second-order valence-corrected chi connectivity index (χ2v) is 9.42. The first kappa shape index (κ1) is 27.5. The van der Waals surface area contributed by atoms with Crippen molar-refractivity contribution in [3.63, 3.8) is 0 Å². The SMILES string of the molecule is COc1cc(/C=C(\C#N)C(=O)Nc2ccc(C)cc2C)cc(Br)c1OCC(=O)Nc1cccc(C)c1C. The van der Waals surface area contributed by atoms with Gasteiger partial charge in [-0.25, -0.2) is 0 Å². The summed E-state index contributed by atoms with van der Waals surface area (Å²) < 4.78 is 11.7. The molecule has 0 unspecified atom stereocenters. The Morgan fingerprint density at radius 2 is 1.76 bits per heavy atom. The number of hydrogen-bond acceptors (Lipinski definition) is 5. The average molecular weight is 562 g/mol. The molecular weight excluding hydrogens is 534 g/mol. The summed E-state index contributed by atoms with van der Waals surface area (Å²) in [7, 11) is 1.47. The van der Waals surface area contributed by atoms with Crippen molar-refractivity contribution in [3.05, 3.63) is 86.4 Å². The van der Waals surface area contributed by atoms with Gasteiger partial charge in [0.05, 0.1) is 11.6 Å². The van der Waals surface area contributed by atoms with Crippen molar-refractivity contribution in [1.82, 2.24) is 0 Å². The second kappa shape index (κ2) is 12.2. The Kier molecular flexibility index (Phi) is 9.10. The van der Waals surface area contributed by atoms with Crippen molar-refractivity contribution in [2.24, 2.45) is 0 Å². The molecule has 8 heteroatoms. The number of ether oxygens (including phenoxy) is 2. The number of benzene rings is 3.